The van der Waals surface area contributed by atoms with Gasteiger partial charge in [0.2, 0.25) is 12.7 Å². The molecule has 32 heavy (non-hydrogen) atoms. The number of hydrogen-bond acceptors (Lipinski definition) is 8. The highest BCUT2D eigenvalue weighted by molar-refractivity contribution is 6.02. The van der Waals surface area contributed by atoms with Gasteiger partial charge in [0.05, 0.1) is 19.0 Å². The average molecular weight is 457 g/mol. The van der Waals surface area contributed by atoms with Gasteiger partial charge in [0, 0.05) is 24.8 Å². The Hall–Kier alpha value is -3.48. The molecule has 13 heteroatoms. The number of carbonyl (C=O) groups is 1. The SMILES string of the molecule is COC[C@@H]1C[C@](c2cc(NC(=O)c3cnc(OCF)cn3)ccc2F)(C(F)F)N=C(N)O1. The predicted molar refractivity (Wildman–Crippen MR) is 104 cm³/mol. The van der Waals surface area contributed by atoms with Crippen LogP contribution in [0.4, 0.5) is 23.2 Å². The number of nitrogens with zero attached hydrogens (tertiary/aromatic N) is 3. The lowest BCUT2D eigenvalue weighted by Crippen LogP contribution is -2.46. The molecule has 1 aromatic heterocycles. The van der Waals surface area contributed by atoms with E-state index in [1.807, 2.05) is 0 Å². The maximum atomic E-state index is 14.7. The number of nitrogens with two attached hydrogens (primary N) is 1. The van der Waals surface area contributed by atoms with Gasteiger partial charge in [0.15, 0.2) is 5.54 Å². The summed E-state index contributed by atoms with van der Waals surface area (Å²) < 4.78 is 69.9. The molecule has 1 aliphatic rings. The molecule has 2 heterocycles. The molecule has 0 spiro atoms. The summed E-state index contributed by atoms with van der Waals surface area (Å²) in [4.78, 5) is 23.6. The Kier molecular flexibility index (Phi) is 7.08. The van der Waals surface area contributed by atoms with E-state index in [4.69, 9.17) is 15.2 Å². The quantitative estimate of drug-likeness (QED) is 0.584. The zero-order valence-electron chi connectivity index (χ0n) is 16.7. The van der Waals surface area contributed by atoms with Gasteiger partial charge in [-0.05, 0) is 18.2 Å². The molecule has 0 radical (unpaired) electrons. The maximum Gasteiger partial charge on any atom is 0.283 e. The van der Waals surface area contributed by atoms with Crippen LogP contribution < -0.4 is 15.8 Å². The van der Waals surface area contributed by atoms with Crippen LogP contribution in [0.2, 0.25) is 0 Å². The molecule has 0 bridgehead atoms. The van der Waals surface area contributed by atoms with Gasteiger partial charge in [-0.3, -0.25) is 4.79 Å². The summed E-state index contributed by atoms with van der Waals surface area (Å²) in [5.41, 5.74) is 2.59. The third kappa shape index (κ3) is 4.88. The number of rotatable bonds is 8. The first-order valence-corrected chi connectivity index (χ1v) is 9.20. The normalized spacial score (nSPS) is 20.4. The number of hydrogen-bond donors (Lipinski definition) is 2. The fraction of sp³-hybridized carbons (Fsp3) is 0.368. The smallest absolute Gasteiger partial charge is 0.283 e. The number of aliphatic imine (C=N–C) groups is 1. The van der Waals surface area contributed by atoms with Gasteiger partial charge < -0.3 is 25.3 Å². The Balaban J connectivity index is 1.91. The van der Waals surface area contributed by atoms with E-state index in [-0.39, 0.29) is 23.9 Å². The molecule has 2 atom stereocenters. The fourth-order valence-electron chi connectivity index (χ4n) is 3.23. The molecular formula is C19H19F4N5O4. The molecule has 3 rings (SSSR count). The molecule has 0 saturated heterocycles. The lowest BCUT2D eigenvalue weighted by molar-refractivity contribution is -0.0214. The number of benzene rings is 1. The lowest BCUT2D eigenvalue weighted by Gasteiger charge is -2.37. The van der Waals surface area contributed by atoms with Crippen LogP contribution in [0.5, 0.6) is 5.88 Å². The van der Waals surface area contributed by atoms with Crippen molar-refractivity contribution in [2.24, 2.45) is 10.7 Å². The zero-order valence-corrected chi connectivity index (χ0v) is 16.7. The Morgan fingerprint density at radius 3 is 2.78 bits per heavy atom. The van der Waals surface area contributed by atoms with Crippen LogP contribution in [-0.4, -0.2) is 55.0 Å². The van der Waals surface area contributed by atoms with Gasteiger partial charge in [-0.15, -0.1) is 0 Å². The Bertz CT molecular complexity index is 992. The van der Waals surface area contributed by atoms with Crippen molar-refractivity contribution in [2.75, 3.05) is 25.9 Å². The van der Waals surface area contributed by atoms with Crippen molar-refractivity contribution < 1.29 is 36.6 Å². The van der Waals surface area contributed by atoms with Crippen molar-refractivity contribution in [1.29, 1.82) is 0 Å². The van der Waals surface area contributed by atoms with Crippen molar-refractivity contribution in [3.8, 4) is 5.88 Å². The first-order chi connectivity index (χ1) is 15.3. The third-order valence-corrected chi connectivity index (χ3v) is 4.60. The average Bonchev–Trinajstić information content (AvgIpc) is 2.75. The molecular weight excluding hydrogens is 438 g/mol. The van der Waals surface area contributed by atoms with Gasteiger partial charge >= 0.3 is 0 Å². The molecule has 0 fully saturated rings. The van der Waals surface area contributed by atoms with E-state index in [0.29, 0.717) is 0 Å². The lowest BCUT2D eigenvalue weighted by atomic mass is 9.84. The number of methoxy groups -OCH3 is 1. The second-order valence-electron chi connectivity index (χ2n) is 6.72. The van der Waals surface area contributed by atoms with Crippen LogP contribution >= 0.6 is 0 Å². The molecule has 3 N–H and O–H groups in total. The van der Waals surface area contributed by atoms with Crippen molar-refractivity contribution in [3.05, 3.63) is 47.7 Å². The minimum absolute atomic E-state index is 0.000800. The third-order valence-electron chi connectivity index (χ3n) is 4.60. The van der Waals surface area contributed by atoms with Crippen molar-refractivity contribution >= 4 is 17.6 Å². The number of nitrogens with one attached hydrogen (secondary N) is 1. The number of amidine groups is 1. The first kappa shape index (κ1) is 23.2. The summed E-state index contributed by atoms with van der Waals surface area (Å²) in [5.74, 6) is -1.86. The van der Waals surface area contributed by atoms with Crippen molar-refractivity contribution in [2.45, 2.75) is 24.5 Å². The van der Waals surface area contributed by atoms with E-state index >= 15 is 0 Å². The second-order valence-corrected chi connectivity index (χ2v) is 6.72. The van der Waals surface area contributed by atoms with Crippen molar-refractivity contribution in [1.82, 2.24) is 9.97 Å². The number of carbonyl (C=O) groups excluding carboxylic acids is 1. The Morgan fingerprint density at radius 2 is 2.16 bits per heavy atom. The zero-order chi connectivity index (χ0) is 23.3. The molecule has 0 saturated carbocycles. The van der Waals surface area contributed by atoms with Gasteiger partial charge in [0.1, 0.15) is 17.6 Å². The van der Waals surface area contributed by atoms with Crippen LogP contribution in [0.15, 0.2) is 35.6 Å². The highest BCUT2D eigenvalue weighted by atomic mass is 19.3. The summed E-state index contributed by atoms with van der Waals surface area (Å²) in [7, 11) is 1.35. The van der Waals surface area contributed by atoms with E-state index in [0.717, 1.165) is 24.5 Å². The van der Waals surface area contributed by atoms with Crippen LogP contribution in [0.3, 0.4) is 0 Å². The summed E-state index contributed by atoms with van der Waals surface area (Å²) >= 11 is 0. The second kappa shape index (κ2) is 9.77. The molecule has 1 amide bonds. The molecule has 0 unspecified atom stereocenters. The van der Waals surface area contributed by atoms with E-state index in [2.05, 4.69) is 25.0 Å². The summed E-state index contributed by atoms with van der Waals surface area (Å²) in [6, 6.07) is 2.62. The molecule has 1 aliphatic heterocycles. The number of amides is 1. The summed E-state index contributed by atoms with van der Waals surface area (Å²) in [6.45, 7) is -1.18. The van der Waals surface area contributed by atoms with Crippen LogP contribution in [0.25, 0.3) is 0 Å². The minimum Gasteiger partial charge on any atom is -0.460 e. The minimum atomic E-state index is -3.14. The Morgan fingerprint density at radius 1 is 1.38 bits per heavy atom. The van der Waals surface area contributed by atoms with Crippen LogP contribution in [0.1, 0.15) is 22.5 Å². The highest BCUT2D eigenvalue weighted by Crippen LogP contribution is 2.42. The molecule has 2 aromatic rings. The fourth-order valence-corrected chi connectivity index (χ4v) is 3.23. The molecule has 1 aromatic carbocycles. The van der Waals surface area contributed by atoms with Gasteiger partial charge in [-0.1, -0.05) is 0 Å². The molecule has 0 aliphatic carbocycles. The summed E-state index contributed by atoms with van der Waals surface area (Å²) in [6.07, 6.45) is -2.37. The first-order valence-electron chi connectivity index (χ1n) is 9.20. The van der Waals surface area contributed by atoms with Gasteiger partial charge in [-0.25, -0.2) is 32.5 Å². The standard InChI is InChI=1S/C19H19F4N5O4/c1-30-8-11-5-19(17(22)23,28-18(24)32-11)12-4-10(2-3-13(12)21)27-16(29)14-6-26-15(7-25-14)31-9-20/h2-4,6-7,11,17H,5,8-9H2,1H3,(H2,24,28)(H,27,29)/t11-,19-/m0/s1. The van der Waals surface area contributed by atoms with E-state index in [9.17, 15) is 22.4 Å². The topological polar surface area (TPSA) is 121 Å². The monoisotopic (exact) mass is 457 g/mol. The number of ether oxygens (including phenoxy) is 3. The number of halogens is 4. The number of alkyl halides is 3. The largest absolute Gasteiger partial charge is 0.460 e. The maximum absolute atomic E-state index is 14.7. The van der Waals surface area contributed by atoms with Crippen LogP contribution in [0, 0.1) is 5.82 Å². The highest BCUT2D eigenvalue weighted by Gasteiger charge is 2.49. The summed E-state index contributed by atoms with van der Waals surface area (Å²) in [5, 5.41) is 2.42. The number of anilines is 1. The van der Waals surface area contributed by atoms with Crippen molar-refractivity contribution in [3.63, 3.8) is 0 Å². The van der Waals surface area contributed by atoms with Crippen LogP contribution in [-0.2, 0) is 15.0 Å². The van der Waals surface area contributed by atoms with Gasteiger partial charge in [-0.2, -0.15) is 0 Å². The van der Waals surface area contributed by atoms with E-state index in [1.54, 1.807) is 0 Å². The van der Waals surface area contributed by atoms with Gasteiger partial charge in [0.25, 0.3) is 18.4 Å². The van der Waals surface area contributed by atoms with E-state index in [1.165, 1.54) is 13.2 Å². The van der Waals surface area contributed by atoms with E-state index < -0.39 is 54.7 Å². The Labute approximate surface area is 179 Å². The molecule has 9 nitrogen and oxygen atoms in total. The predicted octanol–water partition coefficient (Wildman–Crippen LogP) is 2.38. The molecule has 172 valence electrons. The number of aromatic nitrogens is 2.